The predicted octanol–water partition coefficient (Wildman–Crippen LogP) is 0.365. The minimum atomic E-state index is -0.224. The summed E-state index contributed by atoms with van der Waals surface area (Å²) < 4.78 is 10.1. The van der Waals surface area contributed by atoms with Crippen LogP contribution in [-0.4, -0.2) is 49.3 Å². The SMILES string of the molecule is C=C(Cl)C(=O)N(CC1CO1)CC1CO1. The highest BCUT2D eigenvalue weighted by Crippen LogP contribution is 2.17. The molecule has 2 fully saturated rings. The first kappa shape index (κ1) is 9.96. The number of carbonyl (C=O) groups excluding carboxylic acids is 1. The second-order valence-corrected chi connectivity index (χ2v) is 3.98. The number of amides is 1. The smallest absolute Gasteiger partial charge is 0.264 e. The molecule has 2 rings (SSSR count). The van der Waals surface area contributed by atoms with E-state index in [0.29, 0.717) is 13.1 Å². The maximum absolute atomic E-state index is 11.6. The first-order valence-corrected chi connectivity index (χ1v) is 4.91. The Labute approximate surface area is 87.4 Å². The molecule has 2 atom stereocenters. The molecule has 4 nitrogen and oxygen atoms in total. The van der Waals surface area contributed by atoms with Gasteiger partial charge in [-0.15, -0.1) is 0 Å². The van der Waals surface area contributed by atoms with Crippen molar-refractivity contribution in [3.63, 3.8) is 0 Å². The zero-order chi connectivity index (χ0) is 10.1. The molecule has 14 heavy (non-hydrogen) atoms. The summed E-state index contributed by atoms with van der Waals surface area (Å²) in [6.07, 6.45) is 0.349. The first-order chi connectivity index (χ1) is 6.66. The van der Waals surface area contributed by atoms with Crippen molar-refractivity contribution < 1.29 is 14.3 Å². The van der Waals surface area contributed by atoms with Crippen LogP contribution in [0.15, 0.2) is 11.6 Å². The highest BCUT2D eigenvalue weighted by Gasteiger charge is 2.33. The molecule has 1 amide bonds. The van der Waals surface area contributed by atoms with Crippen molar-refractivity contribution >= 4 is 17.5 Å². The second-order valence-electron chi connectivity index (χ2n) is 3.53. The number of ether oxygens (including phenoxy) is 2. The Morgan fingerprint density at radius 2 is 1.79 bits per heavy atom. The van der Waals surface area contributed by atoms with Crippen LogP contribution in [0, 0.1) is 0 Å². The lowest BCUT2D eigenvalue weighted by molar-refractivity contribution is -0.127. The van der Waals surface area contributed by atoms with E-state index >= 15 is 0 Å². The van der Waals surface area contributed by atoms with Gasteiger partial charge >= 0.3 is 0 Å². The minimum absolute atomic E-state index is 0.0475. The Hall–Kier alpha value is -0.580. The lowest BCUT2D eigenvalue weighted by atomic mass is 10.3. The highest BCUT2D eigenvalue weighted by molar-refractivity contribution is 6.41. The number of epoxide rings is 2. The van der Waals surface area contributed by atoms with Gasteiger partial charge in [-0.2, -0.15) is 0 Å². The molecule has 0 aromatic carbocycles. The summed E-state index contributed by atoms with van der Waals surface area (Å²) in [5, 5.41) is 0.0475. The van der Waals surface area contributed by atoms with Crippen molar-refractivity contribution in [1.29, 1.82) is 0 Å². The summed E-state index contributed by atoms with van der Waals surface area (Å²) in [5.41, 5.74) is 0. The fraction of sp³-hybridized carbons (Fsp3) is 0.667. The third-order valence-corrected chi connectivity index (χ3v) is 2.33. The van der Waals surface area contributed by atoms with Crippen LogP contribution in [0.3, 0.4) is 0 Å². The van der Waals surface area contributed by atoms with Gasteiger partial charge in [0.2, 0.25) is 0 Å². The molecular weight excluding hydrogens is 206 g/mol. The molecule has 2 saturated heterocycles. The summed E-state index contributed by atoms with van der Waals surface area (Å²) in [6.45, 7) is 6.05. The fourth-order valence-corrected chi connectivity index (χ4v) is 1.37. The number of halogens is 1. The van der Waals surface area contributed by atoms with Gasteiger partial charge in [-0.3, -0.25) is 4.79 Å². The van der Waals surface area contributed by atoms with Crippen LogP contribution in [0.4, 0.5) is 0 Å². The molecule has 0 spiro atoms. The third kappa shape index (κ3) is 2.70. The van der Waals surface area contributed by atoms with Crippen molar-refractivity contribution in [3.05, 3.63) is 11.6 Å². The maximum Gasteiger partial charge on any atom is 0.264 e. The Bertz CT molecular complexity index is 247. The maximum atomic E-state index is 11.6. The van der Waals surface area contributed by atoms with Crippen LogP contribution >= 0.6 is 11.6 Å². The van der Waals surface area contributed by atoms with E-state index in [1.54, 1.807) is 4.90 Å². The summed E-state index contributed by atoms with van der Waals surface area (Å²) in [4.78, 5) is 13.2. The Morgan fingerprint density at radius 1 is 1.36 bits per heavy atom. The molecule has 0 saturated carbocycles. The number of carbonyl (C=O) groups is 1. The lowest BCUT2D eigenvalue weighted by Gasteiger charge is -2.19. The van der Waals surface area contributed by atoms with Gasteiger partial charge in [-0.1, -0.05) is 18.2 Å². The number of nitrogens with zero attached hydrogens (tertiary/aromatic N) is 1. The summed E-state index contributed by atoms with van der Waals surface area (Å²) in [7, 11) is 0. The molecule has 0 radical (unpaired) electrons. The molecular formula is C9H12ClNO3. The first-order valence-electron chi connectivity index (χ1n) is 4.53. The Kier molecular flexibility index (Phi) is 2.76. The van der Waals surface area contributed by atoms with Crippen LogP contribution < -0.4 is 0 Å². The van der Waals surface area contributed by atoms with E-state index in [9.17, 15) is 4.79 Å². The van der Waals surface area contributed by atoms with E-state index in [1.165, 1.54) is 0 Å². The summed E-state index contributed by atoms with van der Waals surface area (Å²) >= 11 is 5.56. The number of hydrogen-bond donors (Lipinski definition) is 0. The van der Waals surface area contributed by atoms with Gasteiger partial charge in [0, 0.05) is 13.1 Å². The minimum Gasteiger partial charge on any atom is -0.371 e. The van der Waals surface area contributed by atoms with E-state index in [2.05, 4.69) is 6.58 Å². The van der Waals surface area contributed by atoms with Crippen molar-refractivity contribution in [3.8, 4) is 0 Å². The van der Waals surface area contributed by atoms with Gasteiger partial charge in [-0.05, 0) is 0 Å². The number of rotatable bonds is 5. The van der Waals surface area contributed by atoms with Crippen LogP contribution in [-0.2, 0) is 14.3 Å². The molecule has 2 heterocycles. The fourth-order valence-electron chi connectivity index (χ4n) is 1.25. The normalized spacial score (nSPS) is 28.4. The Morgan fingerprint density at radius 3 is 2.07 bits per heavy atom. The molecule has 5 heteroatoms. The van der Waals surface area contributed by atoms with E-state index in [4.69, 9.17) is 21.1 Å². The molecule has 0 bridgehead atoms. The van der Waals surface area contributed by atoms with Crippen LogP contribution in [0.25, 0.3) is 0 Å². The van der Waals surface area contributed by atoms with Crippen molar-refractivity contribution in [2.75, 3.05) is 26.3 Å². The number of hydrogen-bond acceptors (Lipinski definition) is 3. The average Bonchev–Trinajstić information content (AvgIpc) is 2.94. The van der Waals surface area contributed by atoms with E-state index < -0.39 is 0 Å². The molecule has 78 valence electrons. The Balaban J connectivity index is 1.88. The van der Waals surface area contributed by atoms with Crippen molar-refractivity contribution in [2.45, 2.75) is 12.2 Å². The zero-order valence-corrected chi connectivity index (χ0v) is 8.50. The van der Waals surface area contributed by atoms with E-state index in [-0.39, 0.29) is 23.1 Å². The lowest BCUT2D eigenvalue weighted by Crippen LogP contribution is -2.37. The van der Waals surface area contributed by atoms with Crippen LogP contribution in [0.1, 0.15) is 0 Å². The van der Waals surface area contributed by atoms with Crippen LogP contribution in [0.2, 0.25) is 0 Å². The average molecular weight is 218 g/mol. The zero-order valence-electron chi connectivity index (χ0n) is 7.74. The molecule has 0 N–H and O–H groups in total. The topological polar surface area (TPSA) is 45.4 Å². The quantitative estimate of drug-likeness (QED) is 0.494. The molecule has 2 aliphatic rings. The summed E-state index contributed by atoms with van der Waals surface area (Å²) in [5.74, 6) is -0.224. The second kappa shape index (κ2) is 3.88. The van der Waals surface area contributed by atoms with Gasteiger partial charge in [0.05, 0.1) is 30.5 Å². The monoisotopic (exact) mass is 217 g/mol. The van der Waals surface area contributed by atoms with Gasteiger partial charge in [-0.25, -0.2) is 0 Å². The van der Waals surface area contributed by atoms with Crippen LogP contribution in [0.5, 0.6) is 0 Å². The van der Waals surface area contributed by atoms with Gasteiger partial charge in [0.15, 0.2) is 0 Å². The predicted molar refractivity (Wildman–Crippen MR) is 51.1 cm³/mol. The van der Waals surface area contributed by atoms with Gasteiger partial charge < -0.3 is 14.4 Å². The third-order valence-electron chi connectivity index (χ3n) is 2.17. The van der Waals surface area contributed by atoms with E-state index in [1.807, 2.05) is 0 Å². The van der Waals surface area contributed by atoms with Crippen molar-refractivity contribution in [1.82, 2.24) is 4.90 Å². The molecule has 0 aromatic rings. The summed E-state index contributed by atoms with van der Waals surface area (Å²) in [6, 6.07) is 0. The van der Waals surface area contributed by atoms with Crippen molar-refractivity contribution in [2.24, 2.45) is 0 Å². The highest BCUT2D eigenvalue weighted by atomic mass is 35.5. The molecule has 2 unspecified atom stereocenters. The molecule has 0 aliphatic carbocycles. The van der Waals surface area contributed by atoms with Gasteiger partial charge in [0.25, 0.3) is 5.91 Å². The van der Waals surface area contributed by atoms with E-state index in [0.717, 1.165) is 13.2 Å². The molecule has 2 aliphatic heterocycles. The molecule has 0 aromatic heterocycles. The van der Waals surface area contributed by atoms with Gasteiger partial charge in [0.1, 0.15) is 0 Å². The standard InChI is InChI=1S/C9H12ClNO3/c1-6(10)9(12)11(2-7-4-13-7)3-8-5-14-8/h7-8H,1-5H2. The largest absolute Gasteiger partial charge is 0.371 e.